The van der Waals surface area contributed by atoms with E-state index in [0.29, 0.717) is 0 Å². The second-order valence-electron chi connectivity index (χ2n) is 1.12. The molecule has 36 valence electrons. The molecule has 0 aliphatic carbocycles. The van der Waals surface area contributed by atoms with Gasteiger partial charge in [0, 0.05) is 6.08 Å². The predicted octanol–water partition coefficient (Wildman–Crippen LogP) is -1.16. The standard InChI is InChI=1S/C4H3NO2/c6-3-1-2-4(7)5-3/h1-2H,(H,5,6,7)/p-1. The molecule has 1 heterocycles. The molecular weight excluding hydrogens is 94.0 g/mol. The van der Waals surface area contributed by atoms with Gasteiger partial charge >= 0.3 is 0 Å². The molecule has 1 rings (SSSR count). The Morgan fingerprint density at radius 3 is 2.43 bits per heavy atom. The molecule has 0 aromatic heterocycles. The molecule has 0 aromatic rings. The first-order valence-electron chi connectivity index (χ1n) is 1.77. The summed E-state index contributed by atoms with van der Waals surface area (Å²) in [6, 6.07) is 0. The van der Waals surface area contributed by atoms with Crippen LogP contribution in [-0.4, -0.2) is 11.8 Å². The van der Waals surface area contributed by atoms with Crippen LogP contribution >= 0.6 is 0 Å². The van der Waals surface area contributed by atoms with E-state index in [-0.39, 0.29) is 0 Å². The number of carbonyl (C=O) groups is 1. The largest absolute Gasteiger partial charge is 0.859 e. The summed E-state index contributed by atoms with van der Waals surface area (Å²) < 4.78 is 0. The van der Waals surface area contributed by atoms with E-state index in [1.165, 1.54) is 0 Å². The van der Waals surface area contributed by atoms with Crippen LogP contribution in [0.15, 0.2) is 17.1 Å². The van der Waals surface area contributed by atoms with Crippen molar-refractivity contribution in [2.75, 3.05) is 0 Å². The first-order chi connectivity index (χ1) is 3.29. The van der Waals surface area contributed by atoms with Gasteiger partial charge < -0.3 is 5.11 Å². The highest BCUT2D eigenvalue weighted by molar-refractivity contribution is 6.07. The molecular formula is C4H2NO2-. The summed E-state index contributed by atoms with van der Waals surface area (Å²) in [7, 11) is 0. The second-order valence-corrected chi connectivity index (χ2v) is 1.12. The molecule has 0 saturated heterocycles. The monoisotopic (exact) mass is 96.0 g/mol. The summed E-state index contributed by atoms with van der Waals surface area (Å²) in [6.07, 6.45) is 2.28. The lowest BCUT2D eigenvalue weighted by Gasteiger charge is -1.92. The number of amides is 1. The molecule has 0 radical (unpaired) electrons. The van der Waals surface area contributed by atoms with Gasteiger partial charge in [0.25, 0.3) is 5.91 Å². The van der Waals surface area contributed by atoms with Crippen molar-refractivity contribution in [2.45, 2.75) is 0 Å². The Balaban J connectivity index is 2.88. The smallest absolute Gasteiger partial charge is 0.269 e. The van der Waals surface area contributed by atoms with Gasteiger partial charge in [-0.05, 0) is 12.0 Å². The van der Waals surface area contributed by atoms with Crippen LogP contribution in [0.1, 0.15) is 0 Å². The number of rotatable bonds is 0. The van der Waals surface area contributed by atoms with Crippen LogP contribution in [0.4, 0.5) is 0 Å². The van der Waals surface area contributed by atoms with Crippen molar-refractivity contribution in [3.63, 3.8) is 0 Å². The first-order valence-corrected chi connectivity index (χ1v) is 1.77. The molecule has 0 atom stereocenters. The third kappa shape index (κ3) is 0.652. The summed E-state index contributed by atoms with van der Waals surface area (Å²) in [5, 5.41) is 9.98. The van der Waals surface area contributed by atoms with Crippen LogP contribution in [0, 0.1) is 0 Å². The highest BCUT2D eigenvalue weighted by atomic mass is 16.3. The third-order valence-corrected chi connectivity index (χ3v) is 0.589. The third-order valence-electron chi connectivity index (χ3n) is 0.589. The van der Waals surface area contributed by atoms with Crippen molar-refractivity contribution in [1.82, 2.24) is 0 Å². The fraction of sp³-hybridized carbons (Fsp3) is 0. The van der Waals surface area contributed by atoms with Crippen molar-refractivity contribution in [2.24, 2.45) is 4.99 Å². The highest BCUT2D eigenvalue weighted by Crippen LogP contribution is 1.87. The molecule has 0 unspecified atom stereocenters. The molecule has 1 amide bonds. The van der Waals surface area contributed by atoms with E-state index < -0.39 is 11.8 Å². The summed E-state index contributed by atoms with van der Waals surface area (Å²) in [4.78, 5) is 13.0. The molecule has 7 heavy (non-hydrogen) atoms. The van der Waals surface area contributed by atoms with Gasteiger partial charge in [-0.25, -0.2) is 4.99 Å². The van der Waals surface area contributed by atoms with Gasteiger partial charge in [0.2, 0.25) is 0 Å². The van der Waals surface area contributed by atoms with Gasteiger partial charge in [-0.1, -0.05) is 0 Å². The highest BCUT2D eigenvalue weighted by Gasteiger charge is 1.94. The Bertz CT molecular complexity index is 157. The zero-order chi connectivity index (χ0) is 5.28. The maximum atomic E-state index is 9.98. The zero-order valence-electron chi connectivity index (χ0n) is 3.42. The molecule has 0 N–H and O–H groups in total. The lowest BCUT2D eigenvalue weighted by atomic mass is 10.5. The minimum Gasteiger partial charge on any atom is -0.859 e. The minimum absolute atomic E-state index is 0.454. The SMILES string of the molecule is O=C1C=CC([O-])=N1. The van der Waals surface area contributed by atoms with Crippen LogP contribution in [0.25, 0.3) is 0 Å². The van der Waals surface area contributed by atoms with Crippen LogP contribution < -0.4 is 5.11 Å². The Hall–Kier alpha value is -1.12. The average Bonchev–Trinajstić information content (AvgIpc) is 1.87. The van der Waals surface area contributed by atoms with Gasteiger partial charge in [0.15, 0.2) is 0 Å². The summed E-state index contributed by atoms with van der Waals surface area (Å²) in [5.41, 5.74) is 0. The molecule has 3 heteroatoms. The number of nitrogens with zero attached hydrogens (tertiary/aromatic N) is 1. The van der Waals surface area contributed by atoms with Crippen molar-refractivity contribution in [3.05, 3.63) is 12.2 Å². The van der Waals surface area contributed by atoms with Crippen LogP contribution in [-0.2, 0) is 4.79 Å². The molecule has 0 saturated carbocycles. The Kier molecular flexibility index (Phi) is 0.685. The van der Waals surface area contributed by atoms with Crippen LogP contribution in [0.5, 0.6) is 0 Å². The molecule has 0 fully saturated rings. The quantitative estimate of drug-likeness (QED) is 0.382. The molecule has 0 aromatic carbocycles. The maximum absolute atomic E-state index is 9.98. The van der Waals surface area contributed by atoms with Crippen molar-refractivity contribution in [3.8, 4) is 0 Å². The minimum atomic E-state index is -0.454. The Labute approximate surface area is 40.0 Å². The summed E-state index contributed by atoms with van der Waals surface area (Å²) in [5.74, 6) is -0.907. The van der Waals surface area contributed by atoms with Gasteiger partial charge in [-0.3, -0.25) is 4.79 Å². The predicted molar refractivity (Wildman–Crippen MR) is 21.6 cm³/mol. The zero-order valence-corrected chi connectivity index (χ0v) is 3.42. The number of hydrogen-bond acceptors (Lipinski definition) is 2. The summed E-state index contributed by atoms with van der Waals surface area (Å²) >= 11 is 0. The van der Waals surface area contributed by atoms with E-state index in [1.54, 1.807) is 0 Å². The fourth-order valence-corrected chi connectivity index (χ4v) is 0.326. The topological polar surface area (TPSA) is 52.5 Å². The fourth-order valence-electron chi connectivity index (χ4n) is 0.326. The normalized spacial score (nSPS) is 17.7. The van der Waals surface area contributed by atoms with Crippen molar-refractivity contribution in [1.29, 1.82) is 0 Å². The van der Waals surface area contributed by atoms with E-state index in [9.17, 15) is 9.90 Å². The van der Waals surface area contributed by atoms with Gasteiger partial charge in [0.05, 0.1) is 0 Å². The van der Waals surface area contributed by atoms with Crippen LogP contribution in [0.2, 0.25) is 0 Å². The summed E-state index contributed by atoms with van der Waals surface area (Å²) in [6.45, 7) is 0. The number of aliphatic imine (C=N–C) groups is 1. The lowest BCUT2D eigenvalue weighted by Crippen LogP contribution is -2.11. The molecule has 0 spiro atoms. The Morgan fingerprint density at radius 2 is 2.29 bits per heavy atom. The molecule has 0 bridgehead atoms. The van der Waals surface area contributed by atoms with E-state index in [1.807, 2.05) is 0 Å². The molecule has 1 aliphatic heterocycles. The van der Waals surface area contributed by atoms with E-state index in [4.69, 9.17) is 0 Å². The van der Waals surface area contributed by atoms with Crippen LogP contribution in [0.3, 0.4) is 0 Å². The second kappa shape index (κ2) is 1.18. The average molecular weight is 96.1 g/mol. The number of carbonyl (C=O) groups excluding carboxylic acids is 1. The van der Waals surface area contributed by atoms with E-state index in [2.05, 4.69) is 4.99 Å². The van der Waals surface area contributed by atoms with E-state index in [0.717, 1.165) is 12.2 Å². The lowest BCUT2D eigenvalue weighted by molar-refractivity contribution is -0.211. The maximum Gasteiger partial charge on any atom is 0.269 e. The molecule has 3 nitrogen and oxygen atoms in total. The Morgan fingerprint density at radius 1 is 1.57 bits per heavy atom. The number of hydrogen-bond donors (Lipinski definition) is 0. The first kappa shape index (κ1) is 4.05. The van der Waals surface area contributed by atoms with Crippen molar-refractivity contribution >= 4 is 11.8 Å². The molecule has 1 aliphatic rings. The van der Waals surface area contributed by atoms with E-state index >= 15 is 0 Å². The van der Waals surface area contributed by atoms with Gasteiger partial charge in [0.1, 0.15) is 0 Å². The van der Waals surface area contributed by atoms with Gasteiger partial charge in [-0.2, -0.15) is 0 Å². The van der Waals surface area contributed by atoms with Crippen molar-refractivity contribution < 1.29 is 9.90 Å². The van der Waals surface area contributed by atoms with Gasteiger partial charge in [-0.15, -0.1) is 0 Å².